The molecule has 0 bridgehead atoms. The van der Waals surface area contributed by atoms with E-state index in [-0.39, 0.29) is 0 Å². The van der Waals surface area contributed by atoms with Crippen LogP contribution in [0.3, 0.4) is 0 Å². The zero-order valence-electron chi connectivity index (χ0n) is 11.9. The van der Waals surface area contributed by atoms with Crippen molar-refractivity contribution in [3.63, 3.8) is 0 Å². The van der Waals surface area contributed by atoms with Crippen molar-refractivity contribution < 1.29 is 9.53 Å². The Balaban J connectivity index is 2.04. The lowest BCUT2D eigenvalue weighted by atomic mass is 10.1. The minimum Gasteiger partial charge on any atom is -0.497 e. The molecule has 0 aliphatic carbocycles. The van der Waals surface area contributed by atoms with E-state index in [2.05, 4.69) is 21.0 Å². The van der Waals surface area contributed by atoms with Crippen LogP contribution in [-0.2, 0) is 0 Å². The van der Waals surface area contributed by atoms with E-state index in [1.54, 1.807) is 18.0 Å². The first-order chi connectivity index (χ1) is 10.7. The number of carbonyl (C=O) groups is 1. The quantitative estimate of drug-likeness (QED) is 0.660. The fourth-order valence-electron chi connectivity index (χ4n) is 2.17. The van der Waals surface area contributed by atoms with E-state index in [1.807, 2.05) is 48.5 Å². The zero-order chi connectivity index (χ0) is 15.5. The smallest absolute Gasteiger partial charge is 0.153 e. The van der Waals surface area contributed by atoms with Crippen molar-refractivity contribution in [2.24, 2.45) is 0 Å². The van der Waals surface area contributed by atoms with Gasteiger partial charge in [0, 0.05) is 16.2 Å². The minimum atomic E-state index is 0.549. The lowest BCUT2D eigenvalue weighted by Crippen LogP contribution is -1.94. The second kappa shape index (κ2) is 6.15. The Morgan fingerprint density at radius 1 is 1.09 bits per heavy atom. The summed E-state index contributed by atoms with van der Waals surface area (Å²) in [6.45, 7) is 0. The third kappa shape index (κ3) is 2.80. The molecular formula is C17H13BrN2O2. The zero-order valence-corrected chi connectivity index (χ0v) is 13.4. The van der Waals surface area contributed by atoms with Crippen molar-refractivity contribution >= 4 is 22.2 Å². The number of aromatic nitrogens is 2. The number of ether oxygens (including phenoxy) is 1. The summed E-state index contributed by atoms with van der Waals surface area (Å²) in [4.78, 5) is 11.3. The van der Waals surface area contributed by atoms with Crippen molar-refractivity contribution in [3.8, 4) is 22.7 Å². The molecule has 1 aromatic heterocycles. The van der Waals surface area contributed by atoms with Gasteiger partial charge in [-0.25, -0.2) is 4.68 Å². The van der Waals surface area contributed by atoms with Gasteiger partial charge >= 0.3 is 0 Å². The molecule has 110 valence electrons. The van der Waals surface area contributed by atoms with Crippen molar-refractivity contribution in [2.75, 3.05) is 7.11 Å². The molecule has 22 heavy (non-hydrogen) atoms. The first kappa shape index (κ1) is 14.5. The van der Waals surface area contributed by atoms with Crippen LogP contribution in [0.5, 0.6) is 5.75 Å². The van der Waals surface area contributed by atoms with Crippen LogP contribution in [0.1, 0.15) is 10.4 Å². The van der Waals surface area contributed by atoms with E-state index in [0.717, 1.165) is 27.8 Å². The molecule has 0 fully saturated rings. The molecule has 0 spiro atoms. The second-order valence-electron chi connectivity index (χ2n) is 4.70. The Bertz CT molecular complexity index is 793. The Morgan fingerprint density at radius 2 is 1.77 bits per heavy atom. The van der Waals surface area contributed by atoms with E-state index < -0.39 is 0 Å². The molecule has 3 aromatic rings. The molecular weight excluding hydrogens is 344 g/mol. The average Bonchev–Trinajstić information content (AvgIpc) is 3.00. The van der Waals surface area contributed by atoms with Crippen LogP contribution in [0.15, 0.2) is 59.2 Å². The number of hydrogen-bond donors (Lipinski definition) is 0. The molecule has 0 N–H and O–H groups in total. The predicted molar refractivity (Wildman–Crippen MR) is 88.6 cm³/mol. The summed E-state index contributed by atoms with van der Waals surface area (Å²) in [5.74, 6) is 0.767. The summed E-state index contributed by atoms with van der Waals surface area (Å²) in [7, 11) is 1.62. The number of rotatable bonds is 4. The van der Waals surface area contributed by atoms with Gasteiger partial charge in [0.15, 0.2) is 6.29 Å². The number of halogens is 1. The van der Waals surface area contributed by atoms with Gasteiger partial charge in [0.05, 0.1) is 18.4 Å². The van der Waals surface area contributed by atoms with Crippen LogP contribution in [0.2, 0.25) is 0 Å². The summed E-state index contributed by atoms with van der Waals surface area (Å²) in [5, 5.41) is 4.54. The van der Waals surface area contributed by atoms with Gasteiger partial charge in [-0.1, -0.05) is 15.9 Å². The molecule has 0 aliphatic rings. The maximum absolute atomic E-state index is 11.3. The molecule has 0 radical (unpaired) electrons. The van der Waals surface area contributed by atoms with Gasteiger partial charge < -0.3 is 4.74 Å². The molecule has 5 heteroatoms. The maximum atomic E-state index is 11.3. The molecule has 2 aromatic carbocycles. The fourth-order valence-corrected chi connectivity index (χ4v) is 2.44. The fraction of sp³-hybridized carbons (Fsp3) is 0.0588. The predicted octanol–water partition coefficient (Wildman–Crippen LogP) is 4.12. The van der Waals surface area contributed by atoms with Gasteiger partial charge in [0.25, 0.3) is 0 Å². The molecule has 3 rings (SSSR count). The number of methoxy groups -OCH3 is 1. The number of hydrogen-bond acceptors (Lipinski definition) is 3. The summed E-state index contributed by atoms with van der Waals surface area (Å²) < 4.78 is 7.85. The first-order valence-corrected chi connectivity index (χ1v) is 7.46. The third-order valence-corrected chi connectivity index (χ3v) is 3.85. The average molecular weight is 357 g/mol. The number of nitrogens with zero attached hydrogens (tertiary/aromatic N) is 2. The highest BCUT2D eigenvalue weighted by Gasteiger charge is 2.11. The normalized spacial score (nSPS) is 10.5. The summed E-state index contributed by atoms with van der Waals surface area (Å²) in [6.07, 6.45) is 2.55. The van der Waals surface area contributed by atoms with Gasteiger partial charge in [0.1, 0.15) is 11.4 Å². The van der Waals surface area contributed by atoms with Crippen LogP contribution >= 0.6 is 15.9 Å². The molecule has 0 amide bonds. The Labute approximate surface area is 136 Å². The highest BCUT2D eigenvalue weighted by molar-refractivity contribution is 9.10. The van der Waals surface area contributed by atoms with Gasteiger partial charge in [-0.05, 0) is 48.5 Å². The largest absolute Gasteiger partial charge is 0.497 e. The van der Waals surface area contributed by atoms with Crippen LogP contribution in [0.4, 0.5) is 0 Å². The molecule has 1 heterocycles. The minimum absolute atomic E-state index is 0.549. The molecule has 0 saturated carbocycles. The Hall–Kier alpha value is -2.40. The topological polar surface area (TPSA) is 44.1 Å². The van der Waals surface area contributed by atoms with Crippen LogP contribution in [0.25, 0.3) is 16.9 Å². The van der Waals surface area contributed by atoms with Crippen molar-refractivity contribution in [1.82, 2.24) is 9.78 Å². The Kier molecular flexibility index (Phi) is 4.06. The third-order valence-electron chi connectivity index (χ3n) is 3.32. The number of carbonyl (C=O) groups excluding carboxylic acids is 1. The van der Waals surface area contributed by atoms with Crippen LogP contribution < -0.4 is 4.74 Å². The van der Waals surface area contributed by atoms with Crippen LogP contribution in [-0.4, -0.2) is 23.2 Å². The maximum Gasteiger partial charge on any atom is 0.153 e. The molecule has 0 aliphatic heterocycles. The van der Waals surface area contributed by atoms with E-state index >= 15 is 0 Å². The number of benzene rings is 2. The van der Waals surface area contributed by atoms with E-state index in [9.17, 15) is 4.79 Å². The van der Waals surface area contributed by atoms with E-state index in [4.69, 9.17) is 4.74 Å². The molecule has 0 atom stereocenters. The van der Waals surface area contributed by atoms with Crippen molar-refractivity contribution in [3.05, 3.63) is 64.8 Å². The lowest BCUT2D eigenvalue weighted by Gasteiger charge is -2.02. The van der Waals surface area contributed by atoms with E-state index in [0.29, 0.717) is 11.3 Å². The summed E-state index contributed by atoms with van der Waals surface area (Å²) >= 11 is 3.40. The molecule has 4 nitrogen and oxygen atoms in total. The molecule has 0 unspecified atom stereocenters. The second-order valence-corrected chi connectivity index (χ2v) is 5.62. The van der Waals surface area contributed by atoms with Crippen molar-refractivity contribution in [2.45, 2.75) is 0 Å². The monoisotopic (exact) mass is 356 g/mol. The van der Waals surface area contributed by atoms with Gasteiger partial charge in [0.2, 0.25) is 0 Å². The molecule has 0 saturated heterocycles. The number of aldehydes is 1. The SMILES string of the molecule is COc1ccc(-c2nn(-c3ccc(Br)cc3)cc2C=O)cc1. The highest BCUT2D eigenvalue weighted by atomic mass is 79.9. The lowest BCUT2D eigenvalue weighted by molar-refractivity contribution is 0.112. The van der Waals surface area contributed by atoms with Crippen molar-refractivity contribution in [1.29, 1.82) is 0 Å². The first-order valence-electron chi connectivity index (χ1n) is 6.66. The standard InChI is InChI=1S/C17H13BrN2O2/c1-22-16-8-2-12(3-9-16)17-13(11-21)10-20(19-17)15-6-4-14(18)5-7-15/h2-11H,1H3. The van der Waals surface area contributed by atoms with Crippen LogP contribution in [0, 0.1) is 0 Å². The summed E-state index contributed by atoms with van der Waals surface area (Å²) in [6, 6.07) is 15.2. The van der Waals surface area contributed by atoms with E-state index in [1.165, 1.54) is 0 Å². The van der Waals surface area contributed by atoms with Gasteiger partial charge in [-0.2, -0.15) is 5.10 Å². The Morgan fingerprint density at radius 3 is 2.36 bits per heavy atom. The van der Waals surface area contributed by atoms with Gasteiger partial charge in [-0.15, -0.1) is 0 Å². The highest BCUT2D eigenvalue weighted by Crippen LogP contribution is 2.25. The summed E-state index contributed by atoms with van der Waals surface area (Å²) in [5.41, 5.74) is 2.97. The van der Waals surface area contributed by atoms with Gasteiger partial charge in [-0.3, -0.25) is 4.79 Å².